The molecule has 2 aromatic rings. The molecule has 0 spiro atoms. The summed E-state index contributed by atoms with van der Waals surface area (Å²) in [6.45, 7) is -1.58. The smallest absolute Gasteiger partial charge is 0.250 e. The van der Waals surface area contributed by atoms with Gasteiger partial charge in [-0.3, -0.25) is 9.69 Å². The molecule has 2 heterocycles. The van der Waals surface area contributed by atoms with Crippen molar-refractivity contribution in [3.63, 3.8) is 0 Å². The Kier molecular flexibility index (Phi) is 3.09. The van der Waals surface area contributed by atoms with Gasteiger partial charge in [-0.15, -0.1) is 0 Å². The lowest BCUT2D eigenvalue weighted by atomic mass is 9.98. The Balaban J connectivity index is 1.75. The number of anilines is 2. The molecule has 0 radical (unpaired) electrons. The van der Waals surface area contributed by atoms with E-state index in [-0.39, 0.29) is 0 Å². The first-order chi connectivity index (χ1) is 15.2. The van der Waals surface area contributed by atoms with Gasteiger partial charge in [-0.2, -0.15) is 0 Å². The van der Waals surface area contributed by atoms with E-state index in [1.54, 1.807) is 4.90 Å². The van der Waals surface area contributed by atoms with Crippen LogP contribution in [0.5, 0.6) is 0 Å². The van der Waals surface area contributed by atoms with E-state index in [1.807, 2.05) is 18.2 Å². The van der Waals surface area contributed by atoms with Crippen molar-refractivity contribution in [1.29, 1.82) is 0 Å². The number of aryl methyl sites for hydroxylation is 1. The van der Waals surface area contributed by atoms with Crippen molar-refractivity contribution >= 4 is 11.4 Å². The third kappa shape index (κ3) is 3.56. The maximum Gasteiger partial charge on any atom is 0.250 e. The van der Waals surface area contributed by atoms with E-state index < -0.39 is 32.4 Å². The molecule has 0 bridgehead atoms. The normalized spacial score (nSPS) is 21.1. The molecule has 0 N–H and O–H groups in total. The van der Waals surface area contributed by atoms with Crippen LogP contribution in [0.25, 0.3) is 0 Å². The molecular weight excluding hydrogens is 322 g/mol. The Labute approximate surface area is 164 Å². The lowest BCUT2D eigenvalue weighted by molar-refractivity contribution is 0.244. The van der Waals surface area contributed by atoms with Crippen molar-refractivity contribution in [2.24, 2.45) is 12.9 Å². The quantitative estimate of drug-likeness (QED) is 0.817. The van der Waals surface area contributed by atoms with Crippen LogP contribution in [0.1, 0.15) is 45.9 Å². The Bertz CT molecular complexity index is 999. The second kappa shape index (κ2) is 6.92. The van der Waals surface area contributed by atoms with Gasteiger partial charge in [0.15, 0.2) is 0 Å². The van der Waals surface area contributed by atoms with Gasteiger partial charge in [-0.05, 0) is 68.3 Å². The molecule has 26 heavy (non-hydrogen) atoms. The van der Waals surface area contributed by atoms with Gasteiger partial charge in [0.2, 0.25) is 5.56 Å². The summed E-state index contributed by atoms with van der Waals surface area (Å²) in [6.07, 6.45) is 4.90. The summed E-state index contributed by atoms with van der Waals surface area (Å²) in [4.78, 5) is 16.1. The summed E-state index contributed by atoms with van der Waals surface area (Å²) >= 11 is 0. The number of hydrogen-bond donors (Lipinski definition) is 0. The van der Waals surface area contributed by atoms with Crippen LogP contribution in [0, 0.1) is 5.92 Å². The number of benzene rings is 1. The van der Waals surface area contributed by atoms with E-state index in [9.17, 15) is 4.79 Å². The lowest BCUT2D eigenvalue weighted by Gasteiger charge is -2.33. The average Bonchev–Trinajstić information content (AvgIpc) is 3.55. The number of nitrogens with zero attached hydrogens (tertiary/aromatic N) is 3. The molecule has 4 heteroatoms. The highest BCUT2D eigenvalue weighted by molar-refractivity contribution is 5.64. The van der Waals surface area contributed by atoms with Gasteiger partial charge in [-0.1, -0.05) is 6.07 Å². The number of hydrogen-bond acceptors (Lipinski definition) is 3. The van der Waals surface area contributed by atoms with E-state index in [0.717, 1.165) is 42.1 Å². The third-order valence-corrected chi connectivity index (χ3v) is 5.27. The van der Waals surface area contributed by atoms with Gasteiger partial charge in [0.05, 0.1) is 5.69 Å². The SMILES string of the molecule is [2H]C([2H])C(C([2H])[2H])N(c1ccc2c(c1)CN(CC1CC1)CC2)c1ccc(=O)n(C([2H])[2H])c1. The molecule has 0 unspecified atom stereocenters. The number of rotatable bonds is 5. The highest BCUT2D eigenvalue weighted by Gasteiger charge is 2.26. The van der Waals surface area contributed by atoms with Crippen molar-refractivity contribution in [3.05, 3.63) is 58.0 Å². The van der Waals surface area contributed by atoms with E-state index in [0.29, 0.717) is 11.4 Å². The molecule has 1 saturated carbocycles. The van der Waals surface area contributed by atoms with E-state index in [1.165, 1.54) is 36.7 Å². The van der Waals surface area contributed by atoms with Crippen LogP contribution in [-0.4, -0.2) is 28.6 Å². The molecule has 1 aliphatic carbocycles. The minimum absolute atomic E-state index is 0.388. The molecule has 138 valence electrons. The van der Waals surface area contributed by atoms with Crippen LogP contribution < -0.4 is 10.5 Å². The van der Waals surface area contributed by atoms with Crippen molar-refractivity contribution < 1.29 is 8.22 Å². The van der Waals surface area contributed by atoms with E-state index >= 15 is 0 Å². The van der Waals surface area contributed by atoms with Gasteiger partial charge in [-0.25, -0.2) is 0 Å². The second-order valence-corrected chi connectivity index (χ2v) is 7.37. The molecule has 0 amide bonds. The van der Waals surface area contributed by atoms with Gasteiger partial charge < -0.3 is 9.47 Å². The Morgan fingerprint density at radius 3 is 2.81 bits per heavy atom. The highest BCUT2D eigenvalue weighted by atomic mass is 16.1. The van der Waals surface area contributed by atoms with Gasteiger partial charge >= 0.3 is 0 Å². The largest absolute Gasteiger partial charge is 0.338 e. The first kappa shape index (κ1) is 11.6. The summed E-state index contributed by atoms with van der Waals surface area (Å²) < 4.78 is 48.3. The molecule has 1 aliphatic heterocycles. The summed E-state index contributed by atoms with van der Waals surface area (Å²) in [7, 11) is 0. The molecule has 0 saturated heterocycles. The lowest BCUT2D eigenvalue weighted by Crippen LogP contribution is -2.33. The third-order valence-electron chi connectivity index (χ3n) is 5.27. The van der Waals surface area contributed by atoms with Crippen LogP contribution in [0.15, 0.2) is 41.3 Å². The minimum atomic E-state index is -1.55. The zero-order valence-corrected chi connectivity index (χ0v) is 14.8. The predicted octanol–water partition coefficient (Wildman–Crippen LogP) is 3.70. The van der Waals surface area contributed by atoms with Gasteiger partial charge in [0.1, 0.15) is 0 Å². The fourth-order valence-corrected chi connectivity index (χ4v) is 3.70. The standard InChI is InChI=1S/C22H29N3O/c1-16(2)25(21-8-9-22(26)23(3)15-21)20-7-6-18-10-11-24(13-17-4-5-17)14-19(18)12-20/h6-9,12,15-17H,4-5,10-11,13-14H2,1-3H3/i1D2,2D2,3D2. The summed E-state index contributed by atoms with van der Waals surface area (Å²) in [5, 5.41) is 0. The molecule has 1 aromatic heterocycles. The van der Waals surface area contributed by atoms with Crippen LogP contribution >= 0.6 is 0 Å². The molecule has 0 atom stereocenters. The Morgan fingerprint density at radius 1 is 1.19 bits per heavy atom. The Hall–Kier alpha value is -2.07. The monoisotopic (exact) mass is 357 g/mol. The summed E-state index contributed by atoms with van der Waals surface area (Å²) in [6, 6.07) is 7.56. The zero-order chi connectivity index (χ0) is 23.0. The number of pyridine rings is 1. The maximum absolute atomic E-state index is 12.1. The highest BCUT2D eigenvalue weighted by Crippen LogP contribution is 2.34. The minimum Gasteiger partial charge on any atom is -0.338 e. The first-order valence-corrected chi connectivity index (χ1v) is 9.13. The fourth-order valence-electron chi connectivity index (χ4n) is 3.70. The summed E-state index contributed by atoms with van der Waals surface area (Å²) in [5.74, 6) is 0.795. The predicted molar refractivity (Wildman–Crippen MR) is 107 cm³/mol. The molecule has 2 aliphatic rings. The van der Waals surface area contributed by atoms with Crippen LogP contribution in [-0.2, 0) is 20.0 Å². The van der Waals surface area contributed by atoms with Crippen LogP contribution in [0.2, 0.25) is 0 Å². The van der Waals surface area contributed by atoms with Gasteiger partial charge in [0, 0.05) is 58.9 Å². The molecule has 4 nitrogen and oxygen atoms in total. The number of aromatic nitrogens is 1. The fraction of sp³-hybridized carbons (Fsp3) is 0.500. The van der Waals surface area contributed by atoms with Crippen LogP contribution in [0.3, 0.4) is 0 Å². The first-order valence-electron chi connectivity index (χ1n) is 12.6. The molecule has 1 aromatic carbocycles. The summed E-state index contributed by atoms with van der Waals surface area (Å²) in [5.41, 5.74) is 2.94. The van der Waals surface area contributed by atoms with Gasteiger partial charge in [0.25, 0.3) is 0 Å². The topological polar surface area (TPSA) is 28.5 Å². The average molecular weight is 358 g/mol. The second-order valence-electron chi connectivity index (χ2n) is 7.37. The molecule has 4 rings (SSSR count). The number of fused-ring (bicyclic) bond motifs is 1. The molecular formula is C22H29N3O. The zero-order valence-electron chi connectivity index (χ0n) is 20.8. The molecule has 1 fully saturated rings. The van der Waals surface area contributed by atoms with E-state index in [2.05, 4.69) is 4.90 Å². The van der Waals surface area contributed by atoms with Crippen molar-refractivity contribution in [1.82, 2.24) is 9.47 Å². The van der Waals surface area contributed by atoms with Crippen LogP contribution in [0.4, 0.5) is 11.4 Å². The van der Waals surface area contributed by atoms with Crippen molar-refractivity contribution in [2.45, 2.75) is 45.6 Å². The maximum atomic E-state index is 12.1. The Morgan fingerprint density at radius 2 is 2.04 bits per heavy atom. The van der Waals surface area contributed by atoms with Crippen molar-refractivity contribution in [3.8, 4) is 0 Å². The van der Waals surface area contributed by atoms with E-state index in [4.69, 9.17) is 8.22 Å². The van der Waals surface area contributed by atoms with Crippen molar-refractivity contribution in [2.75, 3.05) is 18.0 Å².